The van der Waals surface area contributed by atoms with Crippen molar-refractivity contribution in [1.29, 1.82) is 0 Å². The van der Waals surface area contributed by atoms with Crippen LogP contribution in [0, 0.1) is 5.92 Å². The third kappa shape index (κ3) is 4.82. The van der Waals surface area contributed by atoms with Gasteiger partial charge in [0.2, 0.25) is 0 Å². The van der Waals surface area contributed by atoms with E-state index in [4.69, 9.17) is 0 Å². The lowest BCUT2D eigenvalue weighted by molar-refractivity contribution is 0.394. The first-order valence-electron chi connectivity index (χ1n) is 7.47. The van der Waals surface area contributed by atoms with Crippen LogP contribution >= 0.6 is 0 Å². The summed E-state index contributed by atoms with van der Waals surface area (Å²) in [6, 6.07) is 0.508. The Morgan fingerprint density at radius 1 is 0.952 bits per heavy atom. The second kappa shape index (κ2) is 7.72. The second-order valence-corrected chi connectivity index (χ2v) is 5.87. The number of rotatable bonds is 2. The molecule has 0 N–H and O–H groups in total. The normalized spacial score (nSPS) is 17.4. The molecule has 2 rings (SSSR count). The van der Waals surface area contributed by atoms with E-state index in [1.54, 1.807) is 0 Å². The van der Waals surface area contributed by atoms with E-state index in [-0.39, 0.29) is 0 Å². The molecule has 0 unspecified atom stereocenters. The molecule has 0 aromatic carbocycles. The molecule has 114 valence electrons. The van der Waals surface area contributed by atoms with Crippen LogP contribution in [-0.2, 0) is 0 Å². The van der Waals surface area contributed by atoms with Gasteiger partial charge in [-0.1, -0.05) is 39.2 Å². The van der Waals surface area contributed by atoms with Crippen LogP contribution in [0.1, 0.15) is 27.7 Å². The first-order chi connectivity index (χ1) is 9.84. The van der Waals surface area contributed by atoms with Crippen molar-refractivity contribution in [3.8, 4) is 0 Å². The van der Waals surface area contributed by atoms with Crippen LogP contribution in [0.5, 0.6) is 0 Å². The van der Waals surface area contributed by atoms with Crippen LogP contribution < -0.4 is 0 Å². The molecule has 0 saturated heterocycles. The molecule has 0 saturated carbocycles. The van der Waals surface area contributed by atoms with Gasteiger partial charge in [0, 0.05) is 36.9 Å². The Labute approximate surface area is 130 Å². The summed E-state index contributed by atoms with van der Waals surface area (Å²) < 4.78 is 0. The molecule has 2 nitrogen and oxygen atoms in total. The summed E-state index contributed by atoms with van der Waals surface area (Å²) in [7, 11) is 2.02. The third-order valence-corrected chi connectivity index (χ3v) is 3.50. The van der Waals surface area contributed by atoms with Crippen molar-refractivity contribution in [2.45, 2.75) is 33.7 Å². The molecule has 0 aromatic rings. The molecule has 2 aliphatic heterocycles. The Hall–Kier alpha value is -1.96. The van der Waals surface area contributed by atoms with Crippen LogP contribution in [0.2, 0.25) is 0 Å². The minimum atomic E-state index is 0.508. The second-order valence-electron chi connectivity index (χ2n) is 5.87. The van der Waals surface area contributed by atoms with E-state index in [9.17, 15) is 0 Å². The zero-order valence-electron chi connectivity index (χ0n) is 14.0. The van der Waals surface area contributed by atoms with Gasteiger partial charge in [0.05, 0.1) is 0 Å². The van der Waals surface area contributed by atoms with Crippen molar-refractivity contribution in [1.82, 2.24) is 9.80 Å². The van der Waals surface area contributed by atoms with Crippen LogP contribution in [0.4, 0.5) is 0 Å². The highest BCUT2D eigenvalue weighted by Crippen LogP contribution is 2.23. The SMILES string of the molecule is C=C1C(C(C)C)=CC=CN1C.C=C1C=CC=CN1C(C)C. The average molecular weight is 284 g/mol. The molecule has 0 bridgehead atoms. The quantitative estimate of drug-likeness (QED) is 0.716. The Balaban J connectivity index is 0.000000211. The zero-order chi connectivity index (χ0) is 16.0. The molecular weight excluding hydrogens is 256 g/mol. The fourth-order valence-corrected chi connectivity index (χ4v) is 2.19. The lowest BCUT2D eigenvalue weighted by Gasteiger charge is -2.26. The average Bonchev–Trinajstić information content (AvgIpc) is 2.42. The van der Waals surface area contributed by atoms with Crippen molar-refractivity contribution in [2.75, 3.05) is 7.05 Å². The van der Waals surface area contributed by atoms with Gasteiger partial charge in [0.15, 0.2) is 0 Å². The highest BCUT2D eigenvalue weighted by Gasteiger charge is 2.11. The fourth-order valence-electron chi connectivity index (χ4n) is 2.19. The summed E-state index contributed by atoms with van der Waals surface area (Å²) in [4.78, 5) is 4.19. The van der Waals surface area contributed by atoms with Gasteiger partial charge >= 0.3 is 0 Å². The minimum absolute atomic E-state index is 0.508. The molecule has 0 radical (unpaired) electrons. The van der Waals surface area contributed by atoms with Crippen LogP contribution in [0.15, 0.2) is 72.9 Å². The van der Waals surface area contributed by atoms with Gasteiger partial charge in [-0.25, -0.2) is 0 Å². The van der Waals surface area contributed by atoms with E-state index in [2.05, 4.69) is 62.8 Å². The van der Waals surface area contributed by atoms with E-state index in [1.165, 1.54) is 5.57 Å². The van der Waals surface area contributed by atoms with E-state index >= 15 is 0 Å². The summed E-state index contributed by atoms with van der Waals surface area (Å²) in [5.41, 5.74) is 3.51. The van der Waals surface area contributed by atoms with Gasteiger partial charge < -0.3 is 9.80 Å². The Kier molecular flexibility index (Phi) is 6.29. The van der Waals surface area contributed by atoms with Crippen molar-refractivity contribution < 1.29 is 0 Å². The first-order valence-corrected chi connectivity index (χ1v) is 7.47. The zero-order valence-corrected chi connectivity index (χ0v) is 14.0. The van der Waals surface area contributed by atoms with Gasteiger partial charge in [0.25, 0.3) is 0 Å². The number of nitrogens with zero attached hydrogens (tertiary/aromatic N) is 2. The molecule has 0 atom stereocenters. The molecule has 2 aliphatic rings. The maximum absolute atomic E-state index is 4.00. The van der Waals surface area contributed by atoms with Gasteiger partial charge in [-0.2, -0.15) is 0 Å². The summed E-state index contributed by atoms with van der Waals surface area (Å²) in [6.07, 6.45) is 14.3. The molecule has 0 aromatic heterocycles. The van der Waals surface area contributed by atoms with E-state index in [1.807, 2.05) is 37.7 Å². The van der Waals surface area contributed by atoms with Crippen molar-refractivity contribution in [3.05, 3.63) is 72.9 Å². The summed E-state index contributed by atoms with van der Waals surface area (Å²) in [5, 5.41) is 0. The lowest BCUT2D eigenvalue weighted by Crippen LogP contribution is -2.24. The molecular formula is C19H28N2. The number of hydrogen-bond acceptors (Lipinski definition) is 2. The van der Waals surface area contributed by atoms with Crippen LogP contribution in [0.25, 0.3) is 0 Å². The van der Waals surface area contributed by atoms with Gasteiger partial charge in [-0.3, -0.25) is 0 Å². The highest BCUT2D eigenvalue weighted by atomic mass is 15.1. The highest BCUT2D eigenvalue weighted by molar-refractivity contribution is 5.36. The molecule has 21 heavy (non-hydrogen) atoms. The molecule has 0 fully saturated rings. The van der Waals surface area contributed by atoms with Crippen LogP contribution in [0.3, 0.4) is 0 Å². The molecule has 2 heterocycles. The predicted molar refractivity (Wildman–Crippen MR) is 93.4 cm³/mol. The van der Waals surface area contributed by atoms with Crippen molar-refractivity contribution >= 4 is 0 Å². The topological polar surface area (TPSA) is 6.48 Å². The Morgan fingerprint density at radius 3 is 2.05 bits per heavy atom. The smallest absolute Gasteiger partial charge is 0.0365 e. The van der Waals surface area contributed by atoms with E-state index in [0.717, 1.165) is 11.4 Å². The summed E-state index contributed by atoms with van der Waals surface area (Å²) >= 11 is 0. The first kappa shape index (κ1) is 17.1. The van der Waals surface area contributed by atoms with E-state index in [0.29, 0.717) is 12.0 Å². The number of likely N-dealkylation sites (N-methyl/N-ethyl adjacent to an activating group) is 1. The van der Waals surface area contributed by atoms with Crippen LogP contribution in [-0.4, -0.2) is 22.9 Å². The molecule has 0 aliphatic carbocycles. The monoisotopic (exact) mass is 284 g/mol. The molecule has 0 spiro atoms. The lowest BCUT2D eigenvalue weighted by atomic mass is 9.98. The van der Waals surface area contributed by atoms with Crippen molar-refractivity contribution in [2.24, 2.45) is 5.92 Å². The maximum Gasteiger partial charge on any atom is 0.0365 e. The molecule has 0 amide bonds. The predicted octanol–water partition coefficient (Wildman–Crippen LogP) is 4.84. The van der Waals surface area contributed by atoms with Crippen molar-refractivity contribution in [3.63, 3.8) is 0 Å². The van der Waals surface area contributed by atoms with Gasteiger partial charge in [-0.15, -0.1) is 0 Å². The Bertz CT molecular complexity index is 502. The van der Waals surface area contributed by atoms with Gasteiger partial charge in [-0.05, 0) is 43.6 Å². The summed E-state index contributed by atoms with van der Waals surface area (Å²) in [5.74, 6) is 0.565. The fraction of sp³-hybridized carbons (Fsp3) is 0.368. The summed E-state index contributed by atoms with van der Waals surface area (Å²) in [6.45, 7) is 16.6. The molecule has 2 heteroatoms. The van der Waals surface area contributed by atoms with E-state index < -0.39 is 0 Å². The largest absolute Gasteiger partial charge is 0.351 e. The number of hydrogen-bond donors (Lipinski definition) is 0. The van der Waals surface area contributed by atoms with Gasteiger partial charge in [0.1, 0.15) is 0 Å². The number of allylic oxidation sites excluding steroid dienone is 6. The minimum Gasteiger partial charge on any atom is -0.351 e. The standard InChI is InChI=1S/C10H15N.C9H13N/c1-8(2)10-6-5-7-11(4)9(10)3;1-8(2)10-7-5-4-6-9(10)3/h5-8H,3H2,1-2,4H3;4-8H,3H2,1-2H3. The maximum atomic E-state index is 4.00. The Morgan fingerprint density at radius 2 is 1.62 bits per heavy atom. The third-order valence-electron chi connectivity index (χ3n) is 3.50.